The number of hydrogen-bond donors (Lipinski definition) is 0. The van der Waals surface area contributed by atoms with Crippen LogP contribution in [0.4, 0.5) is 0 Å². The number of ether oxygens (including phenoxy) is 2. The molecule has 0 aliphatic heterocycles. The molecular formula is C19H17NO5S2. The molecule has 0 bridgehead atoms. The molecule has 0 amide bonds. The smallest absolute Gasteiger partial charge is 0.341 e. The Morgan fingerprint density at radius 3 is 2.74 bits per heavy atom. The minimum atomic E-state index is -0.537. The number of rotatable bonds is 7. The molecule has 0 spiro atoms. The zero-order chi connectivity index (χ0) is 19.2. The van der Waals surface area contributed by atoms with Gasteiger partial charge in [0.25, 0.3) is 0 Å². The maximum atomic E-state index is 12.5. The van der Waals surface area contributed by atoms with Crippen molar-refractivity contribution in [3.05, 3.63) is 70.1 Å². The molecule has 1 aromatic carbocycles. The van der Waals surface area contributed by atoms with Crippen molar-refractivity contribution in [3.8, 4) is 0 Å². The lowest BCUT2D eigenvalue weighted by Crippen LogP contribution is -2.10. The maximum Gasteiger partial charge on any atom is 0.341 e. The molecule has 0 saturated carbocycles. The van der Waals surface area contributed by atoms with Gasteiger partial charge in [0.15, 0.2) is 12.4 Å². The molecule has 27 heavy (non-hydrogen) atoms. The highest BCUT2D eigenvalue weighted by Gasteiger charge is 2.18. The predicted octanol–water partition coefficient (Wildman–Crippen LogP) is 4.48. The van der Waals surface area contributed by atoms with Crippen LogP contribution in [-0.4, -0.2) is 24.0 Å². The number of furan rings is 1. The second kappa shape index (κ2) is 8.88. The lowest BCUT2D eigenvalue weighted by molar-refractivity contribution is 0.0431. The summed E-state index contributed by atoms with van der Waals surface area (Å²) in [6, 6.07) is 8.74. The summed E-state index contributed by atoms with van der Waals surface area (Å²) in [7, 11) is 1.28. The number of nitrogens with zero attached hydrogens (tertiary/aromatic N) is 1. The Kier molecular flexibility index (Phi) is 6.31. The van der Waals surface area contributed by atoms with Crippen molar-refractivity contribution in [2.24, 2.45) is 0 Å². The van der Waals surface area contributed by atoms with Crippen molar-refractivity contribution in [1.82, 2.24) is 4.98 Å². The topological polar surface area (TPSA) is 78.6 Å². The molecule has 0 N–H and O–H groups in total. The van der Waals surface area contributed by atoms with Crippen LogP contribution in [-0.2, 0) is 21.8 Å². The highest BCUT2D eigenvalue weighted by molar-refractivity contribution is 8.00. The summed E-state index contributed by atoms with van der Waals surface area (Å²) in [6.07, 6.45) is 1.36. The van der Waals surface area contributed by atoms with Gasteiger partial charge in [0.05, 0.1) is 18.9 Å². The Labute approximate surface area is 164 Å². The first kappa shape index (κ1) is 19.2. The molecule has 6 nitrogen and oxygen atoms in total. The van der Waals surface area contributed by atoms with Crippen LogP contribution >= 0.6 is 23.1 Å². The van der Waals surface area contributed by atoms with Crippen molar-refractivity contribution in [3.63, 3.8) is 0 Å². The first-order valence-electron chi connectivity index (χ1n) is 8.03. The SMILES string of the molecule is COC(=O)c1ccoc1COC(=O)c1ccccc1CSc1nc(C)cs1. The Morgan fingerprint density at radius 1 is 1.19 bits per heavy atom. The predicted molar refractivity (Wildman–Crippen MR) is 102 cm³/mol. The molecule has 3 rings (SSSR count). The van der Waals surface area contributed by atoms with Gasteiger partial charge >= 0.3 is 11.9 Å². The summed E-state index contributed by atoms with van der Waals surface area (Å²) in [5.41, 5.74) is 2.56. The highest BCUT2D eigenvalue weighted by atomic mass is 32.2. The van der Waals surface area contributed by atoms with Crippen LogP contribution < -0.4 is 0 Å². The molecule has 140 valence electrons. The zero-order valence-electron chi connectivity index (χ0n) is 14.8. The Hall–Kier alpha value is -2.58. The monoisotopic (exact) mass is 403 g/mol. The number of thiazole rings is 1. The molecule has 8 heteroatoms. The van der Waals surface area contributed by atoms with Crippen molar-refractivity contribution >= 4 is 35.0 Å². The van der Waals surface area contributed by atoms with Crippen molar-refractivity contribution in [2.45, 2.75) is 23.6 Å². The minimum Gasteiger partial charge on any atom is -0.465 e. The van der Waals surface area contributed by atoms with E-state index in [1.807, 2.05) is 24.4 Å². The summed E-state index contributed by atoms with van der Waals surface area (Å²) in [6.45, 7) is 1.80. The van der Waals surface area contributed by atoms with Gasteiger partial charge in [-0.1, -0.05) is 30.0 Å². The molecular weight excluding hydrogens is 386 g/mol. The Bertz CT molecular complexity index is 947. The average Bonchev–Trinajstić information content (AvgIpc) is 3.32. The van der Waals surface area contributed by atoms with E-state index in [1.54, 1.807) is 35.2 Å². The summed E-state index contributed by atoms with van der Waals surface area (Å²) in [5.74, 6) is -0.161. The zero-order valence-corrected chi connectivity index (χ0v) is 16.4. The molecule has 0 radical (unpaired) electrons. The van der Waals surface area contributed by atoms with E-state index in [9.17, 15) is 9.59 Å². The first-order chi connectivity index (χ1) is 13.1. The molecule has 0 fully saturated rings. The van der Waals surface area contributed by atoms with Gasteiger partial charge in [-0.05, 0) is 24.6 Å². The van der Waals surface area contributed by atoms with Crippen LogP contribution in [0.5, 0.6) is 0 Å². The van der Waals surface area contributed by atoms with Gasteiger partial charge in [-0.2, -0.15) is 0 Å². The second-order valence-corrected chi connectivity index (χ2v) is 7.61. The molecule has 0 aliphatic carbocycles. The molecule has 0 atom stereocenters. The third-order valence-electron chi connectivity index (χ3n) is 3.67. The van der Waals surface area contributed by atoms with E-state index in [0.29, 0.717) is 11.3 Å². The van der Waals surface area contributed by atoms with E-state index in [0.717, 1.165) is 15.6 Å². The number of thioether (sulfide) groups is 1. The number of esters is 2. The van der Waals surface area contributed by atoms with Crippen LogP contribution in [0.15, 0.2) is 50.7 Å². The number of carbonyl (C=O) groups is 2. The van der Waals surface area contributed by atoms with Crippen molar-refractivity contribution < 1.29 is 23.5 Å². The molecule has 2 aromatic heterocycles. The minimum absolute atomic E-state index is 0.149. The Balaban J connectivity index is 1.66. The van der Waals surface area contributed by atoms with Gasteiger partial charge in [-0.3, -0.25) is 0 Å². The summed E-state index contributed by atoms with van der Waals surface area (Å²) in [5, 5.41) is 1.99. The number of hydrogen-bond acceptors (Lipinski definition) is 8. The third kappa shape index (κ3) is 4.78. The summed E-state index contributed by atoms with van der Waals surface area (Å²) >= 11 is 3.15. The number of carbonyl (C=O) groups excluding carboxylic acids is 2. The van der Waals surface area contributed by atoms with E-state index in [2.05, 4.69) is 9.72 Å². The lowest BCUT2D eigenvalue weighted by atomic mass is 10.1. The van der Waals surface area contributed by atoms with Crippen LogP contribution in [0.2, 0.25) is 0 Å². The van der Waals surface area contributed by atoms with E-state index in [4.69, 9.17) is 9.15 Å². The van der Waals surface area contributed by atoms with Crippen molar-refractivity contribution in [2.75, 3.05) is 7.11 Å². The van der Waals surface area contributed by atoms with Gasteiger partial charge in [0, 0.05) is 16.8 Å². The van der Waals surface area contributed by atoms with E-state index < -0.39 is 11.9 Å². The molecule has 0 aliphatic rings. The fraction of sp³-hybridized carbons (Fsp3) is 0.211. The number of aryl methyl sites for hydroxylation is 1. The van der Waals surface area contributed by atoms with Crippen LogP contribution in [0.1, 0.15) is 37.7 Å². The van der Waals surface area contributed by atoms with E-state index in [-0.39, 0.29) is 17.9 Å². The molecule has 0 unspecified atom stereocenters. The fourth-order valence-corrected chi connectivity index (χ4v) is 4.19. The Morgan fingerprint density at radius 2 is 2.00 bits per heavy atom. The maximum absolute atomic E-state index is 12.5. The first-order valence-corrected chi connectivity index (χ1v) is 9.89. The number of aromatic nitrogens is 1. The normalized spacial score (nSPS) is 10.6. The molecule has 2 heterocycles. The van der Waals surface area contributed by atoms with Gasteiger partial charge in [-0.25, -0.2) is 14.6 Å². The van der Waals surface area contributed by atoms with Gasteiger partial charge in [-0.15, -0.1) is 11.3 Å². The number of benzene rings is 1. The standard InChI is InChI=1S/C19H17NO5S2/c1-12-10-26-19(20-12)27-11-13-5-3-4-6-14(13)18(22)25-9-16-15(7-8-24-16)17(21)23-2/h3-8,10H,9,11H2,1-2H3. The van der Waals surface area contributed by atoms with Crippen LogP contribution in [0.3, 0.4) is 0 Å². The fourth-order valence-electron chi connectivity index (χ4n) is 2.34. The quantitative estimate of drug-likeness (QED) is 0.425. The number of methoxy groups -OCH3 is 1. The van der Waals surface area contributed by atoms with Crippen LogP contribution in [0, 0.1) is 6.92 Å². The van der Waals surface area contributed by atoms with Gasteiger partial charge in [0.1, 0.15) is 9.90 Å². The van der Waals surface area contributed by atoms with Crippen molar-refractivity contribution in [1.29, 1.82) is 0 Å². The molecule has 3 aromatic rings. The third-order valence-corrected chi connectivity index (χ3v) is 5.86. The largest absolute Gasteiger partial charge is 0.465 e. The second-order valence-electron chi connectivity index (χ2n) is 5.53. The summed E-state index contributed by atoms with van der Waals surface area (Å²) < 4.78 is 16.2. The average molecular weight is 403 g/mol. The summed E-state index contributed by atoms with van der Waals surface area (Å²) in [4.78, 5) is 28.6. The highest BCUT2D eigenvalue weighted by Crippen LogP contribution is 2.27. The van der Waals surface area contributed by atoms with Gasteiger partial charge in [0.2, 0.25) is 0 Å². The lowest BCUT2D eigenvalue weighted by Gasteiger charge is -2.09. The van der Waals surface area contributed by atoms with E-state index in [1.165, 1.54) is 19.4 Å². The van der Waals surface area contributed by atoms with E-state index >= 15 is 0 Å². The van der Waals surface area contributed by atoms with Crippen LogP contribution in [0.25, 0.3) is 0 Å². The molecule has 0 saturated heterocycles. The van der Waals surface area contributed by atoms with Gasteiger partial charge < -0.3 is 13.9 Å².